The molecule has 1 rings (SSSR count). The molecule has 1 aromatic rings. The first kappa shape index (κ1) is 17.3. The molecule has 0 radical (unpaired) electrons. The first-order chi connectivity index (χ1) is 8.17. The molecule has 0 fully saturated rings. The molecular weight excluding hydrogens is 268 g/mol. The van der Waals surface area contributed by atoms with Crippen LogP contribution in [0.25, 0.3) is 0 Å². The first-order valence-corrected chi connectivity index (χ1v) is 7.08. The third kappa shape index (κ3) is 5.76. The Kier molecular flexibility index (Phi) is 8.89. The molecule has 1 unspecified atom stereocenters. The van der Waals surface area contributed by atoms with E-state index in [1.54, 1.807) is 11.8 Å². The van der Waals surface area contributed by atoms with Gasteiger partial charge in [-0.15, -0.1) is 24.2 Å². The molecule has 0 bridgehead atoms. The number of benzene rings is 1. The van der Waals surface area contributed by atoms with Crippen LogP contribution in [0.1, 0.15) is 20.3 Å². The molecule has 0 saturated carbocycles. The lowest BCUT2D eigenvalue weighted by molar-refractivity contribution is -0.117. The lowest BCUT2D eigenvalue weighted by Gasteiger charge is -2.13. The molecule has 1 atom stereocenters. The Bertz CT molecular complexity index is 374. The molecule has 1 aromatic carbocycles. The van der Waals surface area contributed by atoms with E-state index >= 15 is 0 Å². The molecule has 0 aliphatic rings. The molecule has 3 nitrogen and oxygen atoms in total. The fourth-order valence-corrected chi connectivity index (χ4v) is 1.86. The van der Waals surface area contributed by atoms with Gasteiger partial charge in [0.15, 0.2) is 0 Å². The van der Waals surface area contributed by atoms with E-state index in [9.17, 15) is 4.79 Å². The third-order valence-corrected chi connectivity index (χ3v) is 3.16. The van der Waals surface area contributed by atoms with Crippen LogP contribution < -0.4 is 10.6 Å². The number of hydrogen-bond acceptors (Lipinski definition) is 3. The normalized spacial score (nSPS) is 11.5. The Hall–Kier alpha value is -0.710. The number of carbonyl (C=O) groups excluding carboxylic acids is 1. The van der Waals surface area contributed by atoms with E-state index in [2.05, 4.69) is 17.6 Å². The topological polar surface area (TPSA) is 41.1 Å². The molecule has 18 heavy (non-hydrogen) atoms. The average molecular weight is 289 g/mol. The average Bonchev–Trinajstić information content (AvgIpc) is 2.36. The van der Waals surface area contributed by atoms with E-state index < -0.39 is 0 Å². The van der Waals surface area contributed by atoms with Gasteiger partial charge < -0.3 is 10.6 Å². The second-order valence-corrected chi connectivity index (χ2v) is 4.78. The summed E-state index contributed by atoms with van der Waals surface area (Å²) in [6, 6.07) is 7.71. The van der Waals surface area contributed by atoms with Crippen molar-refractivity contribution in [2.75, 3.05) is 18.1 Å². The second kappa shape index (κ2) is 9.25. The van der Waals surface area contributed by atoms with E-state index in [1.165, 1.54) is 0 Å². The van der Waals surface area contributed by atoms with Gasteiger partial charge in [0, 0.05) is 10.6 Å². The molecule has 1 amide bonds. The van der Waals surface area contributed by atoms with E-state index in [0.717, 1.165) is 23.5 Å². The summed E-state index contributed by atoms with van der Waals surface area (Å²) in [6.45, 7) is 4.82. The van der Waals surface area contributed by atoms with Crippen LogP contribution in [0.2, 0.25) is 0 Å². The van der Waals surface area contributed by atoms with Crippen molar-refractivity contribution < 1.29 is 4.79 Å². The van der Waals surface area contributed by atoms with Gasteiger partial charge in [-0.3, -0.25) is 4.79 Å². The minimum Gasteiger partial charge on any atom is -0.325 e. The molecule has 0 aromatic heterocycles. The number of halogens is 1. The summed E-state index contributed by atoms with van der Waals surface area (Å²) in [4.78, 5) is 13.0. The van der Waals surface area contributed by atoms with Crippen LogP contribution in [0.15, 0.2) is 29.2 Å². The van der Waals surface area contributed by atoms with E-state index in [4.69, 9.17) is 0 Å². The van der Waals surface area contributed by atoms with Gasteiger partial charge in [0.2, 0.25) is 5.91 Å². The van der Waals surface area contributed by atoms with Crippen LogP contribution in [0.5, 0.6) is 0 Å². The number of anilines is 1. The second-order valence-electron chi connectivity index (χ2n) is 3.90. The van der Waals surface area contributed by atoms with Crippen LogP contribution in [-0.4, -0.2) is 24.7 Å². The van der Waals surface area contributed by atoms with Crippen molar-refractivity contribution in [1.29, 1.82) is 0 Å². The van der Waals surface area contributed by atoms with E-state index in [0.29, 0.717) is 0 Å². The van der Waals surface area contributed by atoms with Gasteiger partial charge in [-0.2, -0.15) is 0 Å². The lowest BCUT2D eigenvalue weighted by Crippen LogP contribution is -2.38. The fourth-order valence-electron chi connectivity index (χ4n) is 1.40. The number of thioether (sulfide) groups is 1. The Morgan fingerprint density at radius 3 is 2.78 bits per heavy atom. The van der Waals surface area contributed by atoms with Crippen LogP contribution >= 0.6 is 24.2 Å². The van der Waals surface area contributed by atoms with Crippen LogP contribution in [0.4, 0.5) is 5.69 Å². The maximum absolute atomic E-state index is 11.8. The van der Waals surface area contributed by atoms with Crippen molar-refractivity contribution in [2.45, 2.75) is 31.2 Å². The Balaban J connectivity index is 0.00000289. The zero-order valence-electron chi connectivity index (χ0n) is 11.0. The SMILES string of the molecule is CCCNC(C)C(=O)Nc1cccc(SC)c1.Cl. The van der Waals surface area contributed by atoms with Gasteiger partial charge in [0.25, 0.3) is 0 Å². The van der Waals surface area contributed by atoms with Crippen molar-refractivity contribution in [3.8, 4) is 0 Å². The summed E-state index contributed by atoms with van der Waals surface area (Å²) in [5, 5.41) is 6.07. The van der Waals surface area contributed by atoms with Gasteiger partial charge in [-0.25, -0.2) is 0 Å². The molecule has 0 aliphatic heterocycles. The van der Waals surface area contributed by atoms with Crippen molar-refractivity contribution in [1.82, 2.24) is 5.32 Å². The molecule has 0 spiro atoms. The summed E-state index contributed by atoms with van der Waals surface area (Å²) in [5.41, 5.74) is 0.854. The molecular formula is C13H21ClN2OS. The van der Waals surface area contributed by atoms with Crippen LogP contribution in [0, 0.1) is 0 Å². The Morgan fingerprint density at radius 1 is 1.44 bits per heavy atom. The predicted molar refractivity (Wildman–Crippen MR) is 81.9 cm³/mol. The van der Waals surface area contributed by atoms with Crippen molar-refractivity contribution >= 4 is 35.8 Å². The molecule has 0 heterocycles. The highest BCUT2D eigenvalue weighted by Crippen LogP contribution is 2.18. The highest BCUT2D eigenvalue weighted by molar-refractivity contribution is 7.98. The third-order valence-electron chi connectivity index (χ3n) is 2.43. The van der Waals surface area contributed by atoms with Gasteiger partial charge >= 0.3 is 0 Å². The molecule has 2 N–H and O–H groups in total. The summed E-state index contributed by atoms with van der Waals surface area (Å²) in [5.74, 6) is 0.0108. The van der Waals surface area contributed by atoms with Crippen LogP contribution in [-0.2, 0) is 4.79 Å². The molecule has 102 valence electrons. The van der Waals surface area contributed by atoms with Crippen molar-refractivity contribution in [3.05, 3.63) is 24.3 Å². The quantitative estimate of drug-likeness (QED) is 0.790. The van der Waals surface area contributed by atoms with Gasteiger partial charge in [0.05, 0.1) is 6.04 Å². The van der Waals surface area contributed by atoms with E-state index in [-0.39, 0.29) is 24.4 Å². The number of rotatable bonds is 6. The summed E-state index contributed by atoms with van der Waals surface area (Å²) < 4.78 is 0. The van der Waals surface area contributed by atoms with Crippen molar-refractivity contribution in [3.63, 3.8) is 0 Å². The number of amides is 1. The maximum atomic E-state index is 11.8. The smallest absolute Gasteiger partial charge is 0.241 e. The minimum absolute atomic E-state index is 0. The largest absolute Gasteiger partial charge is 0.325 e. The number of nitrogens with one attached hydrogen (secondary N) is 2. The maximum Gasteiger partial charge on any atom is 0.241 e. The Morgan fingerprint density at radius 2 is 2.17 bits per heavy atom. The summed E-state index contributed by atoms with van der Waals surface area (Å²) in [6.07, 6.45) is 3.05. The minimum atomic E-state index is -0.159. The molecule has 0 saturated heterocycles. The monoisotopic (exact) mass is 288 g/mol. The Labute approximate surface area is 120 Å². The molecule has 5 heteroatoms. The van der Waals surface area contributed by atoms with E-state index in [1.807, 2.05) is 37.4 Å². The zero-order chi connectivity index (χ0) is 12.7. The van der Waals surface area contributed by atoms with Crippen LogP contribution in [0.3, 0.4) is 0 Å². The highest BCUT2D eigenvalue weighted by Gasteiger charge is 2.11. The predicted octanol–water partition coefficient (Wildman–Crippen LogP) is 3.16. The summed E-state index contributed by atoms with van der Waals surface area (Å²) in [7, 11) is 0. The highest BCUT2D eigenvalue weighted by atomic mass is 35.5. The zero-order valence-corrected chi connectivity index (χ0v) is 12.7. The van der Waals surface area contributed by atoms with Crippen molar-refractivity contribution in [2.24, 2.45) is 0 Å². The molecule has 0 aliphatic carbocycles. The summed E-state index contributed by atoms with van der Waals surface area (Å²) >= 11 is 1.67. The first-order valence-electron chi connectivity index (χ1n) is 5.85. The lowest BCUT2D eigenvalue weighted by atomic mass is 10.2. The van der Waals surface area contributed by atoms with Gasteiger partial charge in [-0.1, -0.05) is 13.0 Å². The number of carbonyl (C=O) groups is 1. The fraction of sp³-hybridized carbons (Fsp3) is 0.462. The van der Waals surface area contributed by atoms with Gasteiger partial charge in [0.1, 0.15) is 0 Å². The number of hydrogen-bond donors (Lipinski definition) is 2. The van der Waals surface area contributed by atoms with Gasteiger partial charge in [-0.05, 0) is 44.3 Å². The standard InChI is InChI=1S/C13H20N2OS.ClH/c1-4-8-14-10(2)13(16)15-11-6-5-7-12(9-11)17-3;/h5-7,9-10,14H,4,8H2,1-3H3,(H,15,16);1H.